The Hall–Kier alpha value is -2.14. The van der Waals surface area contributed by atoms with E-state index < -0.39 is 5.97 Å². The molecule has 0 radical (unpaired) electrons. The summed E-state index contributed by atoms with van der Waals surface area (Å²) in [6, 6.07) is 5.37. The van der Waals surface area contributed by atoms with Gasteiger partial charge in [-0.1, -0.05) is 0 Å². The molecule has 0 fully saturated rings. The second kappa shape index (κ2) is 5.67. The summed E-state index contributed by atoms with van der Waals surface area (Å²) in [5.41, 5.74) is 1.75. The van der Waals surface area contributed by atoms with E-state index in [4.69, 9.17) is 5.11 Å². The van der Waals surface area contributed by atoms with Gasteiger partial charge in [-0.2, -0.15) is 0 Å². The SMILES string of the molecule is Cc1ccn(Cc2cc(C=CC(=O)O)cs2)c(=O)c1. The molecule has 1 N–H and O–H groups in total. The van der Waals surface area contributed by atoms with Crippen molar-refractivity contribution in [3.05, 3.63) is 62.2 Å². The van der Waals surface area contributed by atoms with E-state index in [2.05, 4.69) is 0 Å². The molecule has 0 atom stereocenters. The van der Waals surface area contributed by atoms with Crippen LogP contribution < -0.4 is 5.56 Å². The molecule has 2 heterocycles. The molecular weight excluding hydrogens is 262 g/mol. The van der Waals surface area contributed by atoms with Crippen LogP contribution in [-0.4, -0.2) is 15.6 Å². The average Bonchev–Trinajstić information content (AvgIpc) is 2.78. The monoisotopic (exact) mass is 275 g/mol. The number of pyridine rings is 1. The highest BCUT2D eigenvalue weighted by Gasteiger charge is 2.01. The van der Waals surface area contributed by atoms with Crippen LogP contribution >= 0.6 is 11.3 Å². The van der Waals surface area contributed by atoms with E-state index in [1.54, 1.807) is 22.9 Å². The number of aromatic nitrogens is 1. The van der Waals surface area contributed by atoms with E-state index in [9.17, 15) is 9.59 Å². The van der Waals surface area contributed by atoms with Crippen molar-refractivity contribution in [3.63, 3.8) is 0 Å². The Morgan fingerprint density at radius 1 is 1.47 bits per heavy atom. The maximum Gasteiger partial charge on any atom is 0.328 e. The number of aliphatic carboxylic acids is 1. The zero-order valence-corrected chi connectivity index (χ0v) is 11.2. The third kappa shape index (κ3) is 3.66. The second-order valence-corrected chi connectivity index (χ2v) is 5.18. The van der Waals surface area contributed by atoms with E-state index >= 15 is 0 Å². The maximum atomic E-state index is 11.7. The van der Waals surface area contributed by atoms with Crippen LogP contribution in [0.3, 0.4) is 0 Å². The van der Waals surface area contributed by atoms with Crippen molar-refractivity contribution in [3.8, 4) is 0 Å². The van der Waals surface area contributed by atoms with Gasteiger partial charge in [-0.05, 0) is 41.6 Å². The highest BCUT2D eigenvalue weighted by molar-refractivity contribution is 7.10. The Morgan fingerprint density at radius 3 is 2.95 bits per heavy atom. The lowest BCUT2D eigenvalue weighted by Crippen LogP contribution is -2.18. The van der Waals surface area contributed by atoms with Gasteiger partial charge in [0, 0.05) is 23.2 Å². The quantitative estimate of drug-likeness (QED) is 0.871. The minimum Gasteiger partial charge on any atom is -0.478 e. The molecule has 2 aromatic rings. The minimum absolute atomic E-state index is 0.0315. The number of carbonyl (C=O) groups is 1. The highest BCUT2D eigenvalue weighted by atomic mass is 32.1. The molecule has 2 aromatic heterocycles. The van der Waals surface area contributed by atoms with Crippen LogP contribution in [0.25, 0.3) is 6.08 Å². The molecule has 0 bridgehead atoms. The van der Waals surface area contributed by atoms with Gasteiger partial charge in [0.2, 0.25) is 0 Å². The Morgan fingerprint density at radius 2 is 2.26 bits per heavy atom. The number of hydrogen-bond acceptors (Lipinski definition) is 3. The van der Waals surface area contributed by atoms with Crippen molar-refractivity contribution in [2.45, 2.75) is 13.5 Å². The van der Waals surface area contributed by atoms with E-state index in [1.807, 2.05) is 24.4 Å². The molecule has 0 amide bonds. The first-order valence-electron chi connectivity index (χ1n) is 5.70. The molecule has 4 nitrogen and oxygen atoms in total. The molecule has 0 aliphatic rings. The molecule has 2 rings (SSSR count). The summed E-state index contributed by atoms with van der Waals surface area (Å²) in [6.07, 6.45) is 4.41. The lowest BCUT2D eigenvalue weighted by Gasteiger charge is -2.03. The largest absolute Gasteiger partial charge is 0.478 e. The van der Waals surface area contributed by atoms with Gasteiger partial charge in [-0.3, -0.25) is 4.79 Å². The third-order valence-corrected chi connectivity index (χ3v) is 3.51. The topological polar surface area (TPSA) is 59.3 Å². The molecule has 0 spiro atoms. The fourth-order valence-corrected chi connectivity index (χ4v) is 2.49. The highest BCUT2D eigenvalue weighted by Crippen LogP contribution is 2.16. The summed E-state index contributed by atoms with van der Waals surface area (Å²) in [5, 5.41) is 10.4. The van der Waals surface area contributed by atoms with Gasteiger partial charge in [-0.25, -0.2) is 4.79 Å². The molecular formula is C14H13NO3S. The number of thiophene rings is 1. The summed E-state index contributed by atoms with van der Waals surface area (Å²) in [7, 11) is 0. The standard InChI is InChI=1S/C14H13NO3S/c1-10-4-5-15(13(16)6-10)8-12-7-11(9-19-12)2-3-14(17)18/h2-7,9H,8H2,1H3,(H,17,18). The van der Waals surface area contributed by atoms with E-state index in [-0.39, 0.29) is 5.56 Å². The maximum absolute atomic E-state index is 11.7. The minimum atomic E-state index is -0.970. The molecule has 5 heteroatoms. The molecule has 19 heavy (non-hydrogen) atoms. The molecule has 0 saturated heterocycles. The fraction of sp³-hybridized carbons (Fsp3) is 0.143. The van der Waals surface area contributed by atoms with Crippen LogP contribution in [0.5, 0.6) is 0 Å². The van der Waals surface area contributed by atoms with Crippen molar-refractivity contribution in [1.82, 2.24) is 4.57 Å². The predicted molar refractivity (Wildman–Crippen MR) is 75.5 cm³/mol. The van der Waals surface area contributed by atoms with Crippen molar-refractivity contribution in [1.29, 1.82) is 0 Å². The van der Waals surface area contributed by atoms with Gasteiger partial charge in [-0.15, -0.1) is 11.3 Å². The summed E-state index contributed by atoms with van der Waals surface area (Å²) < 4.78 is 1.63. The Labute approximate surface area is 114 Å². The Bertz CT molecular complexity index is 682. The first kappa shape index (κ1) is 13.3. The third-order valence-electron chi connectivity index (χ3n) is 2.57. The number of aryl methyl sites for hydroxylation is 1. The molecule has 0 aromatic carbocycles. The van der Waals surface area contributed by atoms with Gasteiger partial charge in [0.05, 0.1) is 6.54 Å². The van der Waals surface area contributed by atoms with Crippen molar-refractivity contribution in [2.24, 2.45) is 0 Å². The van der Waals surface area contributed by atoms with E-state index in [0.29, 0.717) is 6.54 Å². The van der Waals surface area contributed by atoms with Crippen LogP contribution in [-0.2, 0) is 11.3 Å². The normalized spacial score (nSPS) is 11.0. The lowest BCUT2D eigenvalue weighted by atomic mass is 10.2. The van der Waals surface area contributed by atoms with Gasteiger partial charge in [0.25, 0.3) is 5.56 Å². The van der Waals surface area contributed by atoms with Crippen molar-refractivity contribution >= 4 is 23.4 Å². The molecule has 0 unspecified atom stereocenters. The first-order valence-corrected chi connectivity index (χ1v) is 6.58. The zero-order valence-electron chi connectivity index (χ0n) is 10.4. The predicted octanol–water partition coefficient (Wildman–Crippen LogP) is 2.36. The Balaban J connectivity index is 2.16. The second-order valence-electron chi connectivity index (χ2n) is 4.19. The Kier molecular flexibility index (Phi) is 3.97. The van der Waals surface area contributed by atoms with Crippen LogP contribution in [0.15, 0.2) is 40.6 Å². The summed E-state index contributed by atoms with van der Waals surface area (Å²) in [4.78, 5) is 23.2. The summed E-state index contributed by atoms with van der Waals surface area (Å²) in [5.74, 6) is -0.970. The van der Waals surface area contributed by atoms with Crippen molar-refractivity contribution in [2.75, 3.05) is 0 Å². The van der Waals surface area contributed by atoms with Gasteiger partial charge in [0.15, 0.2) is 0 Å². The van der Waals surface area contributed by atoms with E-state index in [0.717, 1.165) is 22.1 Å². The number of carboxylic acids is 1. The number of nitrogens with zero attached hydrogens (tertiary/aromatic N) is 1. The summed E-state index contributed by atoms with van der Waals surface area (Å²) in [6.45, 7) is 2.39. The number of hydrogen-bond donors (Lipinski definition) is 1. The van der Waals surface area contributed by atoms with Crippen LogP contribution in [0.2, 0.25) is 0 Å². The fourth-order valence-electron chi connectivity index (χ4n) is 1.64. The zero-order chi connectivity index (χ0) is 13.8. The van der Waals surface area contributed by atoms with Gasteiger partial charge in [0.1, 0.15) is 0 Å². The number of carboxylic acid groups (broad SMARTS) is 1. The number of rotatable bonds is 4. The van der Waals surface area contributed by atoms with Crippen LogP contribution in [0.1, 0.15) is 16.0 Å². The molecule has 98 valence electrons. The molecule has 0 aliphatic heterocycles. The lowest BCUT2D eigenvalue weighted by molar-refractivity contribution is -0.131. The summed E-state index contributed by atoms with van der Waals surface area (Å²) >= 11 is 1.51. The molecule has 0 aliphatic carbocycles. The van der Waals surface area contributed by atoms with Crippen LogP contribution in [0, 0.1) is 6.92 Å². The van der Waals surface area contributed by atoms with Crippen molar-refractivity contribution < 1.29 is 9.90 Å². The molecule has 0 saturated carbocycles. The van der Waals surface area contributed by atoms with Crippen LogP contribution in [0.4, 0.5) is 0 Å². The smallest absolute Gasteiger partial charge is 0.328 e. The average molecular weight is 275 g/mol. The van der Waals surface area contributed by atoms with Gasteiger partial charge >= 0.3 is 5.97 Å². The van der Waals surface area contributed by atoms with Gasteiger partial charge < -0.3 is 9.67 Å². The first-order chi connectivity index (χ1) is 9.04. The van der Waals surface area contributed by atoms with E-state index in [1.165, 1.54) is 11.3 Å².